The van der Waals surface area contributed by atoms with Gasteiger partial charge < -0.3 is 9.94 Å². The molecule has 0 bridgehead atoms. The number of nitrogens with zero attached hydrogens (tertiary/aromatic N) is 1. The molecule has 0 fully saturated rings. The van der Waals surface area contributed by atoms with Gasteiger partial charge in [-0.05, 0) is 19.1 Å². The van der Waals surface area contributed by atoms with Crippen LogP contribution in [0.1, 0.15) is 18.2 Å². The first-order valence-corrected chi connectivity index (χ1v) is 5.45. The quantitative estimate of drug-likeness (QED) is 0.870. The van der Waals surface area contributed by atoms with E-state index in [1.165, 1.54) is 18.3 Å². The first-order valence-electron chi connectivity index (χ1n) is 4.25. The van der Waals surface area contributed by atoms with Crippen LogP contribution in [0.25, 0.3) is 0 Å². The summed E-state index contributed by atoms with van der Waals surface area (Å²) in [5.41, 5.74) is -0.608. The molecule has 0 saturated heterocycles. The SMILES string of the molecule is CC1(C(=O)O)CC(c2ccc(Cl)s2)=NO1. The van der Waals surface area contributed by atoms with E-state index in [0.717, 1.165) is 4.88 Å². The van der Waals surface area contributed by atoms with Crippen LogP contribution in [-0.2, 0) is 9.63 Å². The van der Waals surface area contributed by atoms with E-state index in [1.54, 1.807) is 6.07 Å². The first kappa shape index (κ1) is 10.4. The fourth-order valence-corrected chi connectivity index (χ4v) is 2.28. The fourth-order valence-electron chi connectivity index (χ4n) is 1.26. The number of rotatable bonds is 2. The molecule has 1 unspecified atom stereocenters. The summed E-state index contributed by atoms with van der Waals surface area (Å²) in [6.45, 7) is 1.50. The summed E-state index contributed by atoms with van der Waals surface area (Å²) in [7, 11) is 0. The van der Waals surface area contributed by atoms with E-state index in [9.17, 15) is 4.79 Å². The molecule has 1 N–H and O–H groups in total. The normalized spacial score (nSPS) is 24.8. The Hall–Kier alpha value is -1.07. The van der Waals surface area contributed by atoms with E-state index >= 15 is 0 Å². The summed E-state index contributed by atoms with van der Waals surface area (Å²) in [5.74, 6) is -1.01. The summed E-state index contributed by atoms with van der Waals surface area (Å²) >= 11 is 7.14. The largest absolute Gasteiger partial charge is 0.478 e. The molecule has 4 nitrogen and oxygen atoms in total. The molecular formula is C9H8ClNO3S. The Morgan fingerprint density at radius 2 is 2.47 bits per heavy atom. The van der Waals surface area contributed by atoms with Gasteiger partial charge in [0.25, 0.3) is 0 Å². The molecule has 0 amide bonds. The van der Waals surface area contributed by atoms with E-state index in [1.807, 2.05) is 6.07 Å². The monoisotopic (exact) mass is 245 g/mol. The van der Waals surface area contributed by atoms with Crippen LogP contribution in [0.4, 0.5) is 0 Å². The van der Waals surface area contributed by atoms with Gasteiger partial charge >= 0.3 is 5.97 Å². The second-order valence-corrected chi connectivity index (χ2v) is 5.16. The van der Waals surface area contributed by atoms with Gasteiger partial charge in [-0.15, -0.1) is 11.3 Å². The van der Waals surface area contributed by atoms with Gasteiger partial charge in [0.1, 0.15) is 5.71 Å². The van der Waals surface area contributed by atoms with Crippen molar-refractivity contribution < 1.29 is 14.7 Å². The van der Waals surface area contributed by atoms with E-state index in [-0.39, 0.29) is 6.42 Å². The summed E-state index contributed by atoms with van der Waals surface area (Å²) in [5, 5.41) is 12.7. The van der Waals surface area contributed by atoms with Crippen LogP contribution in [0.2, 0.25) is 4.34 Å². The lowest BCUT2D eigenvalue weighted by Gasteiger charge is -2.14. The Labute approximate surface area is 95.1 Å². The van der Waals surface area contributed by atoms with Crippen molar-refractivity contribution >= 4 is 34.6 Å². The van der Waals surface area contributed by atoms with Crippen molar-refractivity contribution in [3.63, 3.8) is 0 Å². The van der Waals surface area contributed by atoms with Crippen molar-refractivity contribution in [2.75, 3.05) is 0 Å². The maximum absolute atomic E-state index is 10.9. The molecule has 2 heterocycles. The Morgan fingerprint density at radius 3 is 2.93 bits per heavy atom. The predicted molar refractivity (Wildman–Crippen MR) is 57.6 cm³/mol. The van der Waals surface area contributed by atoms with Crippen LogP contribution in [0.15, 0.2) is 17.3 Å². The molecule has 1 atom stereocenters. The van der Waals surface area contributed by atoms with Crippen LogP contribution in [-0.4, -0.2) is 22.4 Å². The Bertz CT molecular complexity index is 442. The van der Waals surface area contributed by atoms with E-state index in [2.05, 4.69) is 5.16 Å². The van der Waals surface area contributed by atoms with E-state index < -0.39 is 11.6 Å². The molecule has 1 aliphatic heterocycles. The van der Waals surface area contributed by atoms with Crippen molar-refractivity contribution in [3.8, 4) is 0 Å². The van der Waals surface area contributed by atoms with Gasteiger partial charge in [-0.25, -0.2) is 4.79 Å². The number of oxime groups is 1. The highest BCUT2D eigenvalue weighted by atomic mass is 35.5. The van der Waals surface area contributed by atoms with Crippen molar-refractivity contribution in [1.29, 1.82) is 0 Å². The minimum absolute atomic E-state index is 0.263. The summed E-state index contributed by atoms with van der Waals surface area (Å²) in [4.78, 5) is 16.7. The average Bonchev–Trinajstić information content (AvgIpc) is 2.73. The second-order valence-electron chi connectivity index (χ2n) is 3.45. The molecular weight excluding hydrogens is 238 g/mol. The number of carbonyl (C=O) groups is 1. The number of thiophene rings is 1. The Morgan fingerprint density at radius 1 is 1.73 bits per heavy atom. The minimum atomic E-state index is -1.24. The van der Waals surface area contributed by atoms with Gasteiger partial charge in [0.15, 0.2) is 0 Å². The smallest absolute Gasteiger partial charge is 0.351 e. The number of carboxylic acid groups (broad SMARTS) is 1. The third-order valence-electron chi connectivity index (χ3n) is 2.17. The molecule has 1 aromatic heterocycles. The maximum Gasteiger partial charge on any atom is 0.351 e. The summed E-state index contributed by atoms with van der Waals surface area (Å²) in [6.07, 6.45) is 0.263. The van der Waals surface area contributed by atoms with Crippen LogP contribution in [0.3, 0.4) is 0 Å². The van der Waals surface area contributed by atoms with Crippen LogP contribution in [0, 0.1) is 0 Å². The third-order valence-corrected chi connectivity index (χ3v) is 3.45. The average molecular weight is 246 g/mol. The topological polar surface area (TPSA) is 58.9 Å². The highest BCUT2D eigenvalue weighted by Gasteiger charge is 2.42. The number of hydrogen-bond acceptors (Lipinski definition) is 4. The molecule has 2 rings (SSSR count). The molecule has 0 saturated carbocycles. The zero-order valence-electron chi connectivity index (χ0n) is 7.86. The molecule has 6 heteroatoms. The number of hydrogen-bond donors (Lipinski definition) is 1. The molecule has 15 heavy (non-hydrogen) atoms. The highest BCUT2D eigenvalue weighted by molar-refractivity contribution is 7.18. The van der Waals surface area contributed by atoms with Gasteiger partial charge in [0, 0.05) is 6.42 Å². The van der Waals surface area contributed by atoms with E-state index in [4.69, 9.17) is 21.5 Å². The maximum atomic E-state index is 10.9. The van der Waals surface area contributed by atoms with Crippen molar-refractivity contribution in [1.82, 2.24) is 0 Å². The van der Waals surface area contributed by atoms with E-state index in [0.29, 0.717) is 10.0 Å². The zero-order valence-corrected chi connectivity index (χ0v) is 9.43. The minimum Gasteiger partial charge on any atom is -0.478 e. The van der Waals surface area contributed by atoms with Gasteiger partial charge in [-0.2, -0.15) is 0 Å². The lowest BCUT2D eigenvalue weighted by atomic mass is 10.00. The van der Waals surface area contributed by atoms with Gasteiger partial charge in [0.05, 0.1) is 9.21 Å². The lowest BCUT2D eigenvalue weighted by Crippen LogP contribution is -2.35. The molecule has 0 radical (unpaired) electrons. The summed E-state index contributed by atoms with van der Waals surface area (Å²) < 4.78 is 0.650. The molecule has 0 spiro atoms. The van der Waals surface area contributed by atoms with Crippen LogP contribution >= 0.6 is 22.9 Å². The third kappa shape index (κ3) is 1.85. The second kappa shape index (κ2) is 3.50. The fraction of sp³-hybridized carbons (Fsp3) is 0.333. The Balaban J connectivity index is 2.20. The number of aliphatic carboxylic acids is 1. The van der Waals surface area contributed by atoms with Gasteiger partial charge in [-0.1, -0.05) is 16.8 Å². The highest BCUT2D eigenvalue weighted by Crippen LogP contribution is 2.30. The molecule has 0 aromatic carbocycles. The van der Waals surface area contributed by atoms with Crippen LogP contribution < -0.4 is 0 Å². The Kier molecular flexibility index (Phi) is 2.44. The molecule has 1 aromatic rings. The summed E-state index contributed by atoms with van der Waals surface area (Å²) in [6, 6.07) is 3.56. The predicted octanol–water partition coefficient (Wildman–Crippen LogP) is 2.37. The van der Waals surface area contributed by atoms with Crippen molar-refractivity contribution in [2.24, 2.45) is 5.16 Å². The van der Waals surface area contributed by atoms with Gasteiger partial charge in [0.2, 0.25) is 5.60 Å². The lowest BCUT2D eigenvalue weighted by molar-refractivity contribution is -0.160. The standard InChI is InChI=1S/C9H8ClNO3S/c1-9(8(12)13)4-5(11-14-9)6-2-3-7(10)15-6/h2-3H,4H2,1H3,(H,12,13). The first-order chi connectivity index (χ1) is 7.01. The molecule has 1 aliphatic rings. The number of carboxylic acids is 1. The van der Waals surface area contributed by atoms with Crippen LogP contribution in [0.5, 0.6) is 0 Å². The molecule has 80 valence electrons. The van der Waals surface area contributed by atoms with Crippen molar-refractivity contribution in [3.05, 3.63) is 21.3 Å². The molecule has 0 aliphatic carbocycles. The van der Waals surface area contributed by atoms with Gasteiger partial charge in [-0.3, -0.25) is 0 Å². The zero-order chi connectivity index (χ0) is 11.1. The number of halogens is 1. The van der Waals surface area contributed by atoms with Crippen molar-refractivity contribution in [2.45, 2.75) is 18.9 Å².